The molecule has 0 unspecified atom stereocenters. The maximum atomic E-state index is 11.5. The van der Waals surface area contributed by atoms with E-state index in [2.05, 4.69) is 20.5 Å². The van der Waals surface area contributed by atoms with Gasteiger partial charge in [-0.2, -0.15) is 5.10 Å². The highest BCUT2D eigenvalue weighted by atomic mass is 32.1. The van der Waals surface area contributed by atoms with Crippen molar-refractivity contribution >= 4 is 28.7 Å². The molecule has 0 amide bonds. The summed E-state index contributed by atoms with van der Waals surface area (Å²) in [5, 5.41) is 6.63. The first-order valence-electron chi connectivity index (χ1n) is 9.30. The molecule has 3 rings (SSSR count). The molecule has 29 heavy (non-hydrogen) atoms. The third-order valence-electron chi connectivity index (χ3n) is 3.80. The lowest BCUT2D eigenvalue weighted by Gasteiger charge is -2.07. The summed E-state index contributed by atoms with van der Waals surface area (Å²) in [5.41, 5.74) is 4.46. The number of benzene rings is 1. The van der Waals surface area contributed by atoms with E-state index >= 15 is 0 Å². The van der Waals surface area contributed by atoms with Crippen LogP contribution < -0.4 is 10.2 Å². The van der Waals surface area contributed by atoms with Crippen molar-refractivity contribution in [2.45, 2.75) is 26.3 Å². The SMILES string of the molecule is CCOC(=O)Cc1csc(NN=Cc2cccc(OCCCn3ccnc3)c2)n1. The van der Waals surface area contributed by atoms with E-state index in [4.69, 9.17) is 9.47 Å². The Kier molecular flexibility index (Phi) is 7.76. The molecule has 2 heterocycles. The lowest BCUT2D eigenvalue weighted by atomic mass is 10.2. The van der Waals surface area contributed by atoms with E-state index < -0.39 is 0 Å². The Balaban J connectivity index is 1.44. The van der Waals surface area contributed by atoms with Crippen LogP contribution in [0.15, 0.2) is 53.5 Å². The average molecular weight is 414 g/mol. The van der Waals surface area contributed by atoms with Crippen LogP contribution in [0.4, 0.5) is 5.13 Å². The van der Waals surface area contributed by atoms with Crippen LogP contribution in [0, 0.1) is 0 Å². The smallest absolute Gasteiger partial charge is 0.311 e. The number of hydrogen-bond acceptors (Lipinski definition) is 8. The number of esters is 1. The highest BCUT2D eigenvalue weighted by Crippen LogP contribution is 2.16. The van der Waals surface area contributed by atoms with Gasteiger partial charge < -0.3 is 14.0 Å². The molecule has 0 spiro atoms. The third-order valence-corrected chi connectivity index (χ3v) is 4.60. The maximum Gasteiger partial charge on any atom is 0.311 e. The molecule has 0 aliphatic heterocycles. The molecular formula is C20H23N5O3S. The van der Waals surface area contributed by atoms with Crippen LogP contribution in [0.3, 0.4) is 0 Å². The second-order valence-corrected chi connectivity index (χ2v) is 6.93. The number of anilines is 1. The lowest BCUT2D eigenvalue weighted by molar-refractivity contribution is -0.142. The summed E-state index contributed by atoms with van der Waals surface area (Å²) < 4.78 is 12.7. The average Bonchev–Trinajstić information content (AvgIpc) is 3.38. The standard InChI is InChI=1S/C20H23N5O3S/c1-2-27-19(26)12-17-14-29-20(23-17)24-22-13-16-5-3-6-18(11-16)28-10-4-8-25-9-7-21-15-25/h3,5-7,9,11,13-15H,2,4,8,10,12H2,1H3,(H,23,24). The van der Waals surface area contributed by atoms with E-state index in [9.17, 15) is 4.79 Å². The van der Waals surface area contributed by atoms with E-state index in [1.165, 1.54) is 11.3 Å². The van der Waals surface area contributed by atoms with Crippen molar-refractivity contribution in [3.05, 3.63) is 59.6 Å². The molecule has 8 nitrogen and oxygen atoms in total. The first kappa shape index (κ1) is 20.5. The molecule has 2 aromatic heterocycles. The van der Waals surface area contributed by atoms with Crippen LogP contribution in [-0.4, -0.2) is 39.9 Å². The largest absolute Gasteiger partial charge is 0.494 e. The molecule has 152 valence electrons. The predicted molar refractivity (Wildman–Crippen MR) is 112 cm³/mol. The number of aryl methyl sites for hydroxylation is 1. The molecule has 3 aromatic rings. The van der Waals surface area contributed by atoms with Gasteiger partial charge >= 0.3 is 5.97 Å². The molecule has 0 saturated carbocycles. The highest BCUT2D eigenvalue weighted by molar-refractivity contribution is 7.13. The summed E-state index contributed by atoms with van der Waals surface area (Å²) in [7, 11) is 0. The van der Waals surface area contributed by atoms with Gasteiger partial charge in [0.15, 0.2) is 0 Å². The number of carbonyl (C=O) groups excluding carboxylic acids is 1. The molecule has 0 aliphatic carbocycles. The summed E-state index contributed by atoms with van der Waals surface area (Å²) >= 11 is 1.39. The van der Waals surface area contributed by atoms with Gasteiger partial charge in [0, 0.05) is 24.3 Å². The Labute approximate surface area is 173 Å². The second-order valence-electron chi connectivity index (χ2n) is 6.07. The summed E-state index contributed by atoms with van der Waals surface area (Å²) in [5.74, 6) is 0.514. The van der Waals surface area contributed by atoms with E-state index in [1.807, 2.05) is 40.4 Å². The van der Waals surface area contributed by atoms with Crippen molar-refractivity contribution in [3.63, 3.8) is 0 Å². The normalized spacial score (nSPS) is 10.9. The summed E-state index contributed by atoms with van der Waals surface area (Å²) in [6, 6.07) is 7.71. The van der Waals surface area contributed by atoms with Crippen molar-refractivity contribution in [2.75, 3.05) is 18.6 Å². The van der Waals surface area contributed by atoms with Crippen LogP contribution >= 0.6 is 11.3 Å². The van der Waals surface area contributed by atoms with Gasteiger partial charge in [-0.15, -0.1) is 11.3 Å². The van der Waals surface area contributed by atoms with Gasteiger partial charge in [-0.05, 0) is 31.0 Å². The van der Waals surface area contributed by atoms with Gasteiger partial charge in [-0.25, -0.2) is 9.97 Å². The number of ether oxygens (including phenoxy) is 2. The minimum atomic E-state index is -0.283. The Morgan fingerprint density at radius 1 is 1.41 bits per heavy atom. The Hall–Kier alpha value is -3.20. The van der Waals surface area contributed by atoms with Crippen molar-refractivity contribution in [3.8, 4) is 5.75 Å². The van der Waals surface area contributed by atoms with Crippen molar-refractivity contribution < 1.29 is 14.3 Å². The number of rotatable bonds is 11. The van der Waals surface area contributed by atoms with Gasteiger partial charge in [-0.1, -0.05) is 12.1 Å². The zero-order valence-electron chi connectivity index (χ0n) is 16.2. The minimum Gasteiger partial charge on any atom is -0.494 e. The fourth-order valence-electron chi connectivity index (χ4n) is 2.50. The molecular weight excluding hydrogens is 390 g/mol. The van der Waals surface area contributed by atoms with E-state index in [0.29, 0.717) is 24.0 Å². The number of aromatic nitrogens is 3. The van der Waals surface area contributed by atoms with Gasteiger partial charge in [0.05, 0.1) is 37.9 Å². The molecule has 0 aliphatic rings. The maximum absolute atomic E-state index is 11.5. The number of thiazole rings is 1. The van der Waals surface area contributed by atoms with Gasteiger partial charge in [-0.3, -0.25) is 10.2 Å². The Morgan fingerprint density at radius 3 is 3.17 bits per heavy atom. The monoisotopic (exact) mass is 413 g/mol. The van der Waals surface area contributed by atoms with E-state index in [0.717, 1.165) is 24.3 Å². The third kappa shape index (κ3) is 7.04. The van der Waals surface area contributed by atoms with Gasteiger partial charge in [0.1, 0.15) is 5.75 Å². The van der Waals surface area contributed by atoms with Crippen molar-refractivity contribution in [2.24, 2.45) is 5.10 Å². The van der Waals surface area contributed by atoms with Gasteiger partial charge in [0.2, 0.25) is 5.13 Å². The number of hydrazone groups is 1. The van der Waals surface area contributed by atoms with Crippen LogP contribution in [0.1, 0.15) is 24.6 Å². The topological polar surface area (TPSA) is 90.6 Å². The van der Waals surface area contributed by atoms with Crippen LogP contribution in [0.2, 0.25) is 0 Å². The molecule has 1 aromatic carbocycles. The van der Waals surface area contributed by atoms with E-state index in [1.54, 1.807) is 25.7 Å². The summed E-state index contributed by atoms with van der Waals surface area (Å²) in [4.78, 5) is 19.8. The molecule has 0 atom stereocenters. The van der Waals surface area contributed by atoms with Crippen LogP contribution in [-0.2, 0) is 22.5 Å². The molecule has 0 bridgehead atoms. The van der Waals surface area contributed by atoms with Crippen LogP contribution in [0.5, 0.6) is 5.75 Å². The zero-order chi connectivity index (χ0) is 20.3. The Bertz CT molecular complexity index is 924. The quantitative estimate of drug-likeness (QED) is 0.224. The number of nitrogens with zero attached hydrogens (tertiary/aromatic N) is 4. The number of hydrogen-bond donors (Lipinski definition) is 1. The summed E-state index contributed by atoms with van der Waals surface area (Å²) in [6.07, 6.45) is 8.26. The number of carbonyl (C=O) groups is 1. The van der Waals surface area contributed by atoms with Crippen molar-refractivity contribution in [1.29, 1.82) is 0 Å². The minimum absolute atomic E-state index is 0.163. The van der Waals surface area contributed by atoms with Crippen LogP contribution in [0.25, 0.3) is 0 Å². The second kappa shape index (κ2) is 11.0. The van der Waals surface area contributed by atoms with Crippen molar-refractivity contribution in [1.82, 2.24) is 14.5 Å². The molecule has 0 radical (unpaired) electrons. The molecule has 0 fully saturated rings. The zero-order valence-corrected chi connectivity index (χ0v) is 17.0. The molecule has 1 N–H and O–H groups in total. The highest BCUT2D eigenvalue weighted by Gasteiger charge is 2.07. The fraction of sp³-hybridized carbons (Fsp3) is 0.300. The number of nitrogens with one attached hydrogen (secondary N) is 1. The fourth-order valence-corrected chi connectivity index (χ4v) is 3.16. The number of imidazole rings is 1. The molecule has 9 heteroatoms. The summed E-state index contributed by atoms with van der Waals surface area (Å²) in [6.45, 7) is 3.64. The first-order valence-corrected chi connectivity index (χ1v) is 10.2. The van der Waals surface area contributed by atoms with E-state index in [-0.39, 0.29) is 12.4 Å². The van der Waals surface area contributed by atoms with Gasteiger partial charge in [0.25, 0.3) is 0 Å². The Morgan fingerprint density at radius 2 is 2.34 bits per heavy atom. The lowest BCUT2D eigenvalue weighted by Crippen LogP contribution is -2.07. The first-order chi connectivity index (χ1) is 14.2. The molecule has 0 saturated heterocycles. The predicted octanol–water partition coefficient (Wildman–Crippen LogP) is 3.36.